The fourth-order valence-electron chi connectivity index (χ4n) is 1.88. The van der Waals surface area contributed by atoms with Gasteiger partial charge in [0.2, 0.25) is 0 Å². The summed E-state index contributed by atoms with van der Waals surface area (Å²) >= 11 is 0. The average molecular weight is 221 g/mol. The van der Waals surface area contributed by atoms with E-state index in [4.69, 9.17) is 10.5 Å². The first-order chi connectivity index (χ1) is 7.81. The molecule has 0 aliphatic heterocycles. The van der Waals surface area contributed by atoms with E-state index in [0.717, 1.165) is 25.9 Å². The van der Waals surface area contributed by atoms with Crippen LogP contribution in [0.15, 0.2) is 18.2 Å². The molecular weight excluding hydrogens is 198 g/mol. The molecule has 0 heterocycles. The quantitative estimate of drug-likeness (QED) is 0.717. The molecule has 0 bridgehead atoms. The maximum atomic E-state index is 5.39. The van der Waals surface area contributed by atoms with Crippen LogP contribution in [0.5, 0.6) is 0 Å². The Labute approximate surface area is 98.8 Å². The van der Waals surface area contributed by atoms with Crippen LogP contribution in [0.2, 0.25) is 0 Å². The third-order valence-corrected chi connectivity index (χ3v) is 2.83. The van der Waals surface area contributed by atoms with E-state index < -0.39 is 0 Å². The molecule has 16 heavy (non-hydrogen) atoms. The first-order valence-corrected chi connectivity index (χ1v) is 6.20. The molecule has 0 aromatic heterocycles. The van der Waals surface area contributed by atoms with Crippen LogP contribution in [0.1, 0.15) is 30.5 Å². The van der Waals surface area contributed by atoms with E-state index in [9.17, 15) is 0 Å². The summed E-state index contributed by atoms with van der Waals surface area (Å²) in [5.74, 6) is 0. The van der Waals surface area contributed by atoms with Crippen molar-refractivity contribution in [3.05, 3.63) is 34.9 Å². The van der Waals surface area contributed by atoms with Crippen LogP contribution in [0, 0.1) is 0 Å². The predicted molar refractivity (Wildman–Crippen MR) is 68.8 cm³/mol. The highest BCUT2D eigenvalue weighted by Crippen LogP contribution is 2.14. The topological polar surface area (TPSA) is 35.2 Å². The molecule has 0 saturated carbocycles. The van der Waals surface area contributed by atoms with Gasteiger partial charge >= 0.3 is 0 Å². The van der Waals surface area contributed by atoms with E-state index in [-0.39, 0.29) is 0 Å². The maximum Gasteiger partial charge on any atom is 0.0588 e. The van der Waals surface area contributed by atoms with Crippen molar-refractivity contribution >= 4 is 0 Å². The van der Waals surface area contributed by atoms with Gasteiger partial charge in [0.05, 0.1) is 13.2 Å². The van der Waals surface area contributed by atoms with E-state index >= 15 is 0 Å². The van der Waals surface area contributed by atoms with Crippen molar-refractivity contribution in [2.45, 2.75) is 33.1 Å². The number of benzene rings is 1. The summed E-state index contributed by atoms with van der Waals surface area (Å²) in [6.07, 6.45) is 3.21. The van der Waals surface area contributed by atoms with E-state index in [1.807, 2.05) is 0 Å². The Morgan fingerprint density at radius 2 is 1.81 bits per heavy atom. The molecule has 2 N–H and O–H groups in total. The molecule has 1 aromatic rings. The van der Waals surface area contributed by atoms with E-state index in [1.54, 1.807) is 0 Å². The summed E-state index contributed by atoms with van der Waals surface area (Å²) in [5, 5.41) is 0. The molecule has 0 saturated heterocycles. The van der Waals surface area contributed by atoms with Gasteiger partial charge < -0.3 is 10.5 Å². The number of rotatable bonds is 7. The van der Waals surface area contributed by atoms with Crippen LogP contribution in [0.3, 0.4) is 0 Å². The number of aryl methyl sites for hydroxylation is 2. The summed E-state index contributed by atoms with van der Waals surface area (Å²) in [4.78, 5) is 0. The normalized spacial score (nSPS) is 10.7. The molecule has 0 spiro atoms. The van der Waals surface area contributed by atoms with Crippen molar-refractivity contribution in [1.29, 1.82) is 0 Å². The molecule has 0 aliphatic rings. The summed E-state index contributed by atoms with van der Waals surface area (Å²) in [6.45, 7) is 6.45. The molecule has 2 heteroatoms. The monoisotopic (exact) mass is 221 g/mol. The van der Waals surface area contributed by atoms with Gasteiger partial charge in [0.25, 0.3) is 0 Å². The van der Waals surface area contributed by atoms with Crippen LogP contribution in [-0.4, -0.2) is 19.8 Å². The second-order valence-corrected chi connectivity index (χ2v) is 3.96. The minimum Gasteiger partial charge on any atom is -0.380 e. The number of hydrogen-bond acceptors (Lipinski definition) is 2. The standard InChI is InChI=1S/C14H23NO/c1-3-13-6-5-12(11-14(13)4-2)7-9-16-10-8-15/h5-6,11H,3-4,7-10,15H2,1-2H3. The minimum atomic E-state index is 0.606. The van der Waals surface area contributed by atoms with Crippen molar-refractivity contribution in [2.24, 2.45) is 5.73 Å². The summed E-state index contributed by atoms with van der Waals surface area (Å²) in [7, 11) is 0. The summed E-state index contributed by atoms with van der Waals surface area (Å²) in [6, 6.07) is 6.77. The molecule has 2 nitrogen and oxygen atoms in total. The van der Waals surface area contributed by atoms with Crippen molar-refractivity contribution in [1.82, 2.24) is 0 Å². The van der Waals surface area contributed by atoms with Gasteiger partial charge in [-0.25, -0.2) is 0 Å². The summed E-state index contributed by atoms with van der Waals surface area (Å²) in [5.41, 5.74) is 9.67. The Bertz CT molecular complexity index is 310. The SMILES string of the molecule is CCc1ccc(CCOCCN)cc1CC. The van der Waals surface area contributed by atoms with Crippen LogP contribution in [0.25, 0.3) is 0 Å². The summed E-state index contributed by atoms with van der Waals surface area (Å²) < 4.78 is 5.39. The van der Waals surface area contributed by atoms with Gasteiger partial charge in [-0.3, -0.25) is 0 Å². The molecule has 1 rings (SSSR count). The molecule has 0 unspecified atom stereocenters. The largest absolute Gasteiger partial charge is 0.380 e. The van der Waals surface area contributed by atoms with Gasteiger partial charge in [-0.2, -0.15) is 0 Å². The first kappa shape index (κ1) is 13.2. The Kier molecular flexibility index (Phi) is 6.12. The Hall–Kier alpha value is -0.860. The second-order valence-electron chi connectivity index (χ2n) is 3.96. The molecule has 0 atom stereocenters. The van der Waals surface area contributed by atoms with E-state index in [2.05, 4.69) is 32.0 Å². The highest BCUT2D eigenvalue weighted by atomic mass is 16.5. The number of hydrogen-bond donors (Lipinski definition) is 1. The van der Waals surface area contributed by atoms with Crippen molar-refractivity contribution in [2.75, 3.05) is 19.8 Å². The smallest absolute Gasteiger partial charge is 0.0588 e. The Balaban J connectivity index is 2.54. The lowest BCUT2D eigenvalue weighted by molar-refractivity contribution is 0.144. The van der Waals surface area contributed by atoms with Gasteiger partial charge in [0.1, 0.15) is 0 Å². The predicted octanol–water partition coefficient (Wildman–Crippen LogP) is 2.33. The van der Waals surface area contributed by atoms with Crippen LogP contribution in [0.4, 0.5) is 0 Å². The van der Waals surface area contributed by atoms with Crippen LogP contribution >= 0.6 is 0 Å². The third kappa shape index (κ3) is 3.95. The minimum absolute atomic E-state index is 0.606. The molecule has 1 aromatic carbocycles. The van der Waals surface area contributed by atoms with Gasteiger partial charge in [0, 0.05) is 6.54 Å². The zero-order valence-corrected chi connectivity index (χ0v) is 10.5. The number of nitrogens with two attached hydrogens (primary N) is 1. The average Bonchev–Trinajstić information content (AvgIpc) is 2.34. The van der Waals surface area contributed by atoms with Gasteiger partial charge in [-0.15, -0.1) is 0 Å². The van der Waals surface area contributed by atoms with E-state index in [1.165, 1.54) is 16.7 Å². The molecule has 0 radical (unpaired) electrons. The van der Waals surface area contributed by atoms with Crippen molar-refractivity contribution in [3.63, 3.8) is 0 Å². The molecule has 0 amide bonds. The van der Waals surface area contributed by atoms with Gasteiger partial charge in [-0.05, 0) is 36.0 Å². The first-order valence-electron chi connectivity index (χ1n) is 6.20. The van der Waals surface area contributed by atoms with Crippen molar-refractivity contribution < 1.29 is 4.74 Å². The van der Waals surface area contributed by atoms with Crippen molar-refractivity contribution in [3.8, 4) is 0 Å². The van der Waals surface area contributed by atoms with Gasteiger partial charge in [0.15, 0.2) is 0 Å². The fourth-order valence-corrected chi connectivity index (χ4v) is 1.88. The highest BCUT2D eigenvalue weighted by molar-refractivity contribution is 5.32. The van der Waals surface area contributed by atoms with Gasteiger partial charge in [-0.1, -0.05) is 32.0 Å². The Morgan fingerprint density at radius 3 is 2.44 bits per heavy atom. The lowest BCUT2D eigenvalue weighted by atomic mass is 9.99. The lowest BCUT2D eigenvalue weighted by Crippen LogP contribution is -2.10. The lowest BCUT2D eigenvalue weighted by Gasteiger charge is -2.09. The van der Waals surface area contributed by atoms with Crippen LogP contribution < -0.4 is 5.73 Å². The molecular formula is C14H23NO. The fraction of sp³-hybridized carbons (Fsp3) is 0.571. The third-order valence-electron chi connectivity index (χ3n) is 2.83. The zero-order chi connectivity index (χ0) is 11.8. The van der Waals surface area contributed by atoms with E-state index in [0.29, 0.717) is 13.2 Å². The molecule has 0 fully saturated rings. The van der Waals surface area contributed by atoms with Crippen LogP contribution in [-0.2, 0) is 24.0 Å². The molecule has 0 aliphatic carbocycles. The molecule has 90 valence electrons. The maximum absolute atomic E-state index is 5.39. The number of ether oxygens (including phenoxy) is 1. The second kappa shape index (κ2) is 7.42. The zero-order valence-electron chi connectivity index (χ0n) is 10.5. The highest BCUT2D eigenvalue weighted by Gasteiger charge is 2.01. The Morgan fingerprint density at radius 1 is 1.06 bits per heavy atom.